The van der Waals surface area contributed by atoms with Gasteiger partial charge in [-0.2, -0.15) is 0 Å². The second-order valence-corrected chi connectivity index (χ2v) is 4.28. The molecule has 0 aliphatic carbocycles. The number of hydrogen-bond acceptors (Lipinski definition) is 3. The number of esters is 1. The molecule has 2 atom stereocenters. The number of carbonyl (C=O) groups is 1. The summed E-state index contributed by atoms with van der Waals surface area (Å²) in [6.45, 7) is -0.877. The molecule has 2 saturated heterocycles. The molecular weight excluding hydrogens is 202 g/mol. The summed E-state index contributed by atoms with van der Waals surface area (Å²) in [5, 5.41) is 0. The molecule has 3 rings (SSSR count). The standard InChI is InChI=1S/C13H15NO2/c15-13-8-11-12(16-13)6-7-14(11)9-10-4-2-1-3-5-10/h1-5,11-12H,6-9H2/t11-,12-/m1/s1/i7D2. The molecule has 2 heterocycles. The Kier molecular flexibility index (Phi) is 1.92. The first-order valence-electron chi connectivity index (χ1n) is 6.56. The van der Waals surface area contributed by atoms with Crippen LogP contribution in [0.5, 0.6) is 0 Å². The van der Waals surface area contributed by atoms with E-state index < -0.39 is 6.50 Å². The van der Waals surface area contributed by atoms with Crippen molar-refractivity contribution in [1.29, 1.82) is 0 Å². The Labute approximate surface area is 97.8 Å². The molecule has 84 valence electrons. The SMILES string of the molecule is [2H]C1([2H])C[C@H]2OC(=O)C[C@H]2N1Cc1ccccc1. The van der Waals surface area contributed by atoms with Gasteiger partial charge in [-0.05, 0) is 12.0 Å². The van der Waals surface area contributed by atoms with E-state index in [0.29, 0.717) is 13.0 Å². The fraction of sp³-hybridized carbons (Fsp3) is 0.462. The molecule has 2 aliphatic rings. The highest BCUT2D eigenvalue weighted by Crippen LogP contribution is 2.30. The molecule has 1 aromatic rings. The smallest absolute Gasteiger partial charge is 0.307 e. The van der Waals surface area contributed by atoms with Crippen LogP contribution in [0.25, 0.3) is 0 Å². The predicted octanol–water partition coefficient (Wildman–Crippen LogP) is 1.58. The molecule has 0 saturated carbocycles. The van der Waals surface area contributed by atoms with E-state index in [1.54, 1.807) is 4.90 Å². The Morgan fingerprint density at radius 1 is 1.44 bits per heavy atom. The molecule has 0 bridgehead atoms. The number of nitrogens with zero attached hydrogens (tertiary/aromatic N) is 1. The van der Waals surface area contributed by atoms with Gasteiger partial charge in [-0.1, -0.05) is 30.3 Å². The van der Waals surface area contributed by atoms with E-state index in [9.17, 15) is 4.79 Å². The summed E-state index contributed by atoms with van der Waals surface area (Å²) in [5.74, 6) is -0.210. The summed E-state index contributed by atoms with van der Waals surface area (Å²) in [7, 11) is 0. The molecule has 0 amide bonds. The lowest BCUT2D eigenvalue weighted by Gasteiger charge is -2.21. The summed E-state index contributed by atoms with van der Waals surface area (Å²) in [6, 6.07) is 9.64. The third kappa shape index (κ3) is 1.71. The van der Waals surface area contributed by atoms with Crippen LogP contribution in [0.1, 0.15) is 21.1 Å². The van der Waals surface area contributed by atoms with Gasteiger partial charge < -0.3 is 4.74 Å². The Balaban J connectivity index is 1.83. The Morgan fingerprint density at radius 3 is 3.06 bits per heavy atom. The molecule has 0 N–H and O–H groups in total. The number of fused-ring (bicyclic) bond motifs is 1. The van der Waals surface area contributed by atoms with Gasteiger partial charge in [0.25, 0.3) is 0 Å². The van der Waals surface area contributed by atoms with Crippen molar-refractivity contribution in [2.24, 2.45) is 0 Å². The van der Waals surface area contributed by atoms with Gasteiger partial charge in [0.15, 0.2) is 0 Å². The zero-order chi connectivity index (χ0) is 12.8. The minimum absolute atomic E-state index is 0.118. The Bertz CT molecular complexity index is 463. The quantitative estimate of drug-likeness (QED) is 0.707. The highest BCUT2D eigenvalue weighted by Gasteiger charge is 2.43. The number of carbonyl (C=O) groups excluding carboxylic acids is 1. The van der Waals surface area contributed by atoms with Gasteiger partial charge in [0.2, 0.25) is 0 Å². The van der Waals surface area contributed by atoms with Crippen LogP contribution < -0.4 is 0 Å². The zero-order valence-corrected chi connectivity index (χ0v) is 8.93. The van der Waals surface area contributed by atoms with Crippen LogP contribution in [0.4, 0.5) is 0 Å². The molecule has 16 heavy (non-hydrogen) atoms. The zero-order valence-electron chi connectivity index (χ0n) is 10.9. The fourth-order valence-corrected chi connectivity index (χ4v) is 2.36. The summed E-state index contributed by atoms with van der Waals surface area (Å²) >= 11 is 0. The van der Waals surface area contributed by atoms with E-state index in [4.69, 9.17) is 7.48 Å². The highest BCUT2D eigenvalue weighted by molar-refractivity contribution is 5.73. The van der Waals surface area contributed by atoms with Crippen LogP contribution in [0, 0.1) is 0 Å². The summed E-state index contributed by atoms with van der Waals surface area (Å²) in [5.41, 5.74) is 1.06. The van der Waals surface area contributed by atoms with E-state index >= 15 is 0 Å². The first kappa shape index (κ1) is 7.85. The monoisotopic (exact) mass is 219 g/mol. The number of hydrogen-bond donors (Lipinski definition) is 0. The van der Waals surface area contributed by atoms with Gasteiger partial charge >= 0.3 is 5.97 Å². The molecule has 0 radical (unpaired) electrons. The van der Waals surface area contributed by atoms with E-state index in [0.717, 1.165) is 5.56 Å². The molecule has 1 aromatic carbocycles. The molecule has 3 nitrogen and oxygen atoms in total. The lowest BCUT2D eigenvalue weighted by molar-refractivity contribution is -0.141. The number of likely N-dealkylation sites (tertiary alicyclic amines) is 1. The summed E-state index contributed by atoms with van der Waals surface area (Å²) in [6.07, 6.45) is 0.295. The molecular formula is C13H15NO2. The van der Waals surface area contributed by atoms with Crippen molar-refractivity contribution in [3.05, 3.63) is 35.9 Å². The minimum Gasteiger partial charge on any atom is -0.461 e. The topological polar surface area (TPSA) is 29.5 Å². The third-order valence-electron chi connectivity index (χ3n) is 3.18. The van der Waals surface area contributed by atoms with Gasteiger partial charge in [0.1, 0.15) is 6.10 Å². The van der Waals surface area contributed by atoms with Crippen LogP contribution in [0.15, 0.2) is 30.3 Å². The van der Waals surface area contributed by atoms with E-state index in [1.807, 2.05) is 30.3 Å². The lowest BCUT2D eigenvalue weighted by atomic mass is 10.1. The molecule has 0 unspecified atom stereocenters. The maximum Gasteiger partial charge on any atom is 0.307 e. The van der Waals surface area contributed by atoms with Crippen LogP contribution in [0.3, 0.4) is 0 Å². The van der Waals surface area contributed by atoms with Crippen LogP contribution in [-0.4, -0.2) is 29.5 Å². The molecule has 0 spiro atoms. The Morgan fingerprint density at radius 2 is 2.25 bits per heavy atom. The molecule has 2 fully saturated rings. The molecule has 0 aromatic heterocycles. The summed E-state index contributed by atoms with van der Waals surface area (Å²) in [4.78, 5) is 13.1. The van der Waals surface area contributed by atoms with Gasteiger partial charge in [-0.15, -0.1) is 0 Å². The number of rotatable bonds is 2. The first-order chi connectivity index (χ1) is 8.56. The summed E-state index contributed by atoms with van der Waals surface area (Å²) < 4.78 is 21.3. The second kappa shape index (κ2) is 3.91. The van der Waals surface area contributed by atoms with Crippen LogP contribution >= 0.6 is 0 Å². The van der Waals surface area contributed by atoms with Gasteiger partial charge in [0.05, 0.1) is 12.5 Å². The van der Waals surface area contributed by atoms with E-state index in [-0.39, 0.29) is 24.5 Å². The highest BCUT2D eigenvalue weighted by atomic mass is 16.6. The number of ether oxygens (including phenoxy) is 1. The third-order valence-corrected chi connectivity index (χ3v) is 3.18. The normalized spacial score (nSPS) is 34.1. The second-order valence-electron chi connectivity index (χ2n) is 4.28. The maximum absolute atomic E-state index is 11.3. The fourth-order valence-electron chi connectivity index (χ4n) is 2.36. The van der Waals surface area contributed by atoms with Crippen molar-refractivity contribution < 1.29 is 12.3 Å². The largest absolute Gasteiger partial charge is 0.461 e. The average Bonchev–Trinajstić information content (AvgIpc) is 2.76. The molecule has 3 heteroatoms. The lowest BCUT2D eigenvalue weighted by Crippen LogP contribution is -2.31. The molecule has 2 aliphatic heterocycles. The van der Waals surface area contributed by atoms with E-state index in [1.165, 1.54) is 0 Å². The van der Waals surface area contributed by atoms with Crippen LogP contribution in [-0.2, 0) is 16.1 Å². The predicted molar refractivity (Wildman–Crippen MR) is 59.8 cm³/mol. The van der Waals surface area contributed by atoms with Gasteiger partial charge in [-0.25, -0.2) is 0 Å². The van der Waals surface area contributed by atoms with Crippen molar-refractivity contribution in [2.45, 2.75) is 31.5 Å². The van der Waals surface area contributed by atoms with Crippen LogP contribution in [0.2, 0.25) is 0 Å². The first-order valence-corrected chi connectivity index (χ1v) is 5.56. The Hall–Kier alpha value is -1.35. The minimum atomic E-state index is -1.40. The van der Waals surface area contributed by atoms with Crippen molar-refractivity contribution in [3.63, 3.8) is 0 Å². The van der Waals surface area contributed by atoms with Crippen molar-refractivity contribution in [1.82, 2.24) is 4.90 Å². The van der Waals surface area contributed by atoms with Gasteiger partial charge in [0, 0.05) is 15.8 Å². The number of benzene rings is 1. The van der Waals surface area contributed by atoms with Gasteiger partial charge in [-0.3, -0.25) is 9.69 Å². The van der Waals surface area contributed by atoms with E-state index in [2.05, 4.69) is 0 Å². The maximum atomic E-state index is 11.3. The van der Waals surface area contributed by atoms with Crippen molar-refractivity contribution >= 4 is 5.97 Å². The average molecular weight is 219 g/mol. The van der Waals surface area contributed by atoms with Crippen molar-refractivity contribution in [2.75, 3.05) is 6.50 Å². The van der Waals surface area contributed by atoms with Crippen molar-refractivity contribution in [3.8, 4) is 0 Å².